The van der Waals surface area contributed by atoms with Crippen molar-refractivity contribution >= 4 is 22.9 Å². The SMILES string of the molecule is C[C@H]1c2ccsc2CCN1C(=O)Cc1ccc([N+](=O)[O-])cc1. The smallest absolute Gasteiger partial charge is 0.269 e. The summed E-state index contributed by atoms with van der Waals surface area (Å²) in [4.78, 5) is 26.0. The molecule has 2 heterocycles. The van der Waals surface area contributed by atoms with Gasteiger partial charge in [0.2, 0.25) is 5.91 Å². The van der Waals surface area contributed by atoms with Crippen molar-refractivity contribution in [3.8, 4) is 0 Å². The van der Waals surface area contributed by atoms with Crippen molar-refractivity contribution < 1.29 is 9.72 Å². The van der Waals surface area contributed by atoms with E-state index in [9.17, 15) is 14.9 Å². The fourth-order valence-electron chi connectivity index (χ4n) is 2.86. The molecule has 0 saturated carbocycles. The lowest BCUT2D eigenvalue weighted by Crippen LogP contribution is -2.39. The molecular formula is C16H16N2O3S. The first-order valence-corrected chi connectivity index (χ1v) is 8.03. The number of amides is 1. The van der Waals surface area contributed by atoms with Gasteiger partial charge in [-0.1, -0.05) is 12.1 Å². The number of hydrogen-bond acceptors (Lipinski definition) is 4. The zero-order chi connectivity index (χ0) is 15.7. The molecule has 1 amide bonds. The van der Waals surface area contributed by atoms with Crippen LogP contribution >= 0.6 is 11.3 Å². The number of hydrogen-bond donors (Lipinski definition) is 0. The Hall–Kier alpha value is -2.21. The molecule has 3 rings (SSSR count). The molecule has 1 aromatic heterocycles. The molecule has 22 heavy (non-hydrogen) atoms. The van der Waals surface area contributed by atoms with Crippen LogP contribution in [0.1, 0.15) is 29.0 Å². The number of carbonyl (C=O) groups excluding carboxylic acids is 1. The van der Waals surface area contributed by atoms with Gasteiger partial charge >= 0.3 is 0 Å². The third-order valence-electron chi connectivity index (χ3n) is 4.10. The number of benzene rings is 1. The predicted octanol–water partition coefficient (Wildman–Crippen LogP) is 3.34. The van der Waals surface area contributed by atoms with E-state index in [-0.39, 0.29) is 24.1 Å². The van der Waals surface area contributed by atoms with E-state index in [1.807, 2.05) is 4.90 Å². The zero-order valence-electron chi connectivity index (χ0n) is 12.2. The molecule has 1 aliphatic rings. The zero-order valence-corrected chi connectivity index (χ0v) is 13.0. The van der Waals surface area contributed by atoms with Gasteiger partial charge in [-0.05, 0) is 35.9 Å². The van der Waals surface area contributed by atoms with Gasteiger partial charge in [-0.15, -0.1) is 11.3 Å². The normalized spacial score (nSPS) is 17.1. The largest absolute Gasteiger partial charge is 0.335 e. The minimum atomic E-state index is -0.434. The summed E-state index contributed by atoms with van der Waals surface area (Å²) < 4.78 is 0. The standard InChI is InChI=1S/C16H16N2O3S/c1-11-14-7-9-22-15(14)6-8-17(11)16(19)10-12-2-4-13(5-3-12)18(20)21/h2-5,7,9,11H,6,8,10H2,1H3/t11-/m0/s1. The second kappa shape index (κ2) is 5.88. The van der Waals surface area contributed by atoms with Crippen LogP contribution in [0.5, 0.6) is 0 Å². The van der Waals surface area contributed by atoms with E-state index >= 15 is 0 Å². The van der Waals surface area contributed by atoms with Gasteiger partial charge in [-0.2, -0.15) is 0 Å². The Bertz CT molecular complexity index is 708. The van der Waals surface area contributed by atoms with Crippen LogP contribution in [-0.2, 0) is 17.6 Å². The van der Waals surface area contributed by atoms with E-state index in [1.54, 1.807) is 23.5 Å². The first-order valence-electron chi connectivity index (χ1n) is 7.15. The molecule has 114 valence electrons. The van der Waals surface area contributed by atoms with Gasteiger partial charge in [0.15, 0.2) is 0 Å². The Labute approximate surface area is 132 Å². The quantitative estimate of drug-likeness (QED) is 0.644. The maximum atomic E-state index is 12.5. The highest BCUT2D eigenvalue weighted by atomic mass is 32.1. The van der Waals surface area contributed by atoms with Crippen LogP contribution in [0.25, 0.3) is 0 Å². The third-order valence-corrected chi connectivity index (χ3v) is 5.10. The lowest BCUT2D eigenvalue weighted by Gasteiger charge is -2.33. The highest BCUT2D eigenvalue weighted by Crippen LogP contribution is 2.33. The van der Waals surface area contributed by atoms with Gasteiger partial charge in [0, 0.05) is 23.6 Å². The van der Waals surface area contributed by atoms with Crippen molar-refractivity contribution in [2.24, 2.45) is 0 Å². The Balaban J connectivity index is 1.71. The third kappa shape index (κ3) is 2.74. The Morgan fingerprint density at radius 1 is 1.36 bits per heavy atom. The molecule has 0 radical (unpaired) electrons. The number of nitro groups is 1. The summed E-state index contributed by atoms with van der Waals surface area (Å²) in [7, 11) is 0. The Kier molecular flexibility index (Phi) is 3.94. The van der Waals surface area contributed by atoms with Crippen molar-refractivity contribution in [3.05, 3.63) is 61.8 Å². The summed E-state index contributed by atoms with van der Waals surface area (Å²) in [6.07, 6.45) is 1.19. The molecule has 1 aliphatic heterocycles. The Morgan fingerprint density at radius 3 is 2.77 bits per heavy atom. The van der Waals surface area contributed by atoms with E-state index in [2.05, 4.69) is 18.4 Å². The maximum absolute atomic E-state index is 12.5. The van der Waals surface area contributed by atoms with E-state index in [4.69, 9.17) is 0 Å². The summed E-state index contributed by atoms with van der Waals surface area (Å²) in [5.74, 6) is 0.0678. The van der Waals surface area contributed by atoms with Crippen LogP contribution in [0, 0.1) is 10.1 Å². The molecule has 2 aromatic rings. The molecule has 0 aliphatic carbocycles. The highest BCUT2D eigenvalue weighted by Gasteiger charge is 2.28. The molecule has 1 atom stereocenters. The monoisotopic (exact) mass is 316 g/mol. The van der Waals surface area contributed by atoms with Gasteiger partial charge in [-0.25, -0.2) is 0 Å². The second-order valence-corrected chi connectivity index (χ2v) is 6.41. The van der Waals surface area contributed by atoms with Crippen LogP contribution in [0.2, 0.25) is 0 Å². The first kappa shape index (κ1) is 14.7. The minimum absolute atomic E-state index is 0.0467. The van der Waals surface area contributed by atoms with Crippen molar-refractivity contribution in [2.75, 3.05) is 6.54 Å². The summed E-state index contributed by atoms with van der Waals surface area (Å²) in [5, 5.41) is 12.7. The van der Waals surface area contributed by atoms with Crippen LogP contribution in [0.4, 0.5) is 5.69 Å². The predicted molar refractivity (Wildman–Crippen MR) is 85.0 cm³/mol. The molecule has 5 nitrogen and oxygen atoms in total. The molecule has 0 spiro atoms. The van der Waals surface area contributed by atoms with Gasteiger partial charge < -0.3 is 4.90 Å². The van der Waals surface area contributed by atoms with Crippen LogP contribution < -0.4 is 0 Å². The number of carbonyl (C=O) groups is 1. The molecular weight excluding hydrogens is 300 g/mol. The minimum Gasteiger partial charge on any atom is -0.335 e. The van der Waals surface area contributed by atoms with Gasteiger partial charge in [-0.3, -0.25) is 14.9 Å². The number of nitro benzene ring substituents is 1. The number of rotatable bonds is 3. The fourth-order valence-corrected chi connectivity index (χ4v) is 3.82. The van der Waals surface area contributed by atoms with Crippen molar-refractivity contribution in [2.45, 2.75) is 25.8 Å². The van der Waals surface area contributed by atoms with Gasteiger partial charge in [0.05, 0.1) is 17.4 Å². The lowest BCUT2D eigenvalue weighted by atomic mass is 10.0. The van der Waals surface area contributed by atoms with E-state index in [1.165, 1.54) is 22.6 Å². The summed E-state index contributed by atoms with van der Waals surface area (Å²) in [6, 6.07) is 8.39. The topological polar surface area (TPSA) is 63.5 Å². The molecule has 0 unspecified atom stereocenters. The number of thiophene rings is 1. The van der Waals surface area contributed by atoms with Gasteiger partial charge in [0.1, 0.15) is 0 Å². The van der Waals surface area contributed by atoms with Crippen molar-refractivity contribution in [1.82, 2.24) is 4.90 Å². The number of nitrogens with zero attached hydrogens (tertiary/aromatic N) is 2. The van der Waals surface area contributed by atoms with Gasteiger partial charge in [0.25, 0.3) is 5.69 Å². The second-order valence-electron chi connectivity index (χ2n) is 5.41. The number of non-ortho nitro benzene ring substituents is 1. The molecule has 1 aromatic carbocycles. The lowest BCUT2D eigenvalue weighted by molar-refractivity contribution is -0.384. The Morgan fingerprint density at radius 2 is 2.09 bits per heavy atom. The number of fused-ring (bicyclic) bond motifs is 1. The van der Waals surface area contributed by atoms with Crippen LogP contribution in [0.15, 0.2) is 35.7 Å². The molecule has 6 heteroatoms. The van der Waals surface area contributed by atoms with Crippen molar-refractivity contribution in [1.29, 1.82) is 0 Å². The summed E-state index contributed by atoms with van der Waals surface area (Å²) >= 11 is 1.75. The average molecular weight is 316 g/mol. The van der Waals surface area contributed by atoms with E-state index in [0.717, 1.165) is 18.5 Å². The molecule has 0 N–H and O–H groups in total. The van der Waals surface area contributed by atoms with Crippen LogP contribution in [0.3, 0.4) is 0 Å². The molecule has 0 saturated heterocycles. The maximum Gasteiger partial charge on any atom is 0.269 e. The van der Waals surface area contributed by atoms with E-state index < -0.39 is 4.92 Å². The summed E-state index contributed by atoms with van der Waals surface area (Å²) in [5.41, 5.74) is 2.10. The van der Waals surface area contributed by atoms with E-state index in [0.29, 0.717) is 0 Å². The molecule has 0 bridgehead atoms. The average Bonchev–Trinajstić information content (AvgIpc) is 2.97. The van der Waals surface area contributed by atoms with Crippen LogP contribution in [-0.4, -0.2) is 22.3 Å². The summed E-state index contributed by atoms with van der Waals surface area (Å²) in [6.45, 7) is 2.79. The fraction of sp³-hybridized carbons (Fsp3) is 0.312. The van der Waals surface area contributed by atoms with Crippen molar-refractivity contribution in [3.63, 3.8) is 0 Å². The first-order chi connectivity index (χ1) is 10.6. The highest BCUT2D eigenvalue weighted by molar-refractivity contribution is 7.10. The molecule has 0 fully saturated rings.